The lowest BCUT2D eigenvalue weighted by Gasteiger charge is -2.19. The number of thioether (sulfide) groups is 1. The molecule has 5 rings (SSSR count). The Morgan fingerprint density at radius 3 is 2.56 bits per heavy atom. The zero-order valence-electron chi connectivity index (χ0n) is 20.1. The van der Waals surface area contributed by atoms with E-state index in [1.54, 1.807) is 27.6 Å². The van der Waals surface area contributed by atoms with Gasteiger partial charge in [0.15, 0.2) is 5.11 Å². The fourth-order valence-corrected chi connectivity index (χ4v) is 7.16. The maximum Gasteiger partial charge on any atom is 0.280 e. The number of aromatic nitrogens is 1. The molecule has 1 amide bonds. The summed E-state index contributed by atoms with van der Waals surface area (Å²) in [5, 5.41) is 1.21. The van der Waals surface area contributed by atoms with Gasteiger partial charge in [0, 0.05) is 36.8 Å². The third-order valence-corrected chi connectivity index (χ3v) is 9.00. The summed E-state index contributed by atoms with van der Waals surface area (Å²) >= 11 is 8.56. The van der Waals surface area contributed by atoms with Gasteiger partial charge < -0.3 is 9.64 Å². The Hall–Kier alpha value is -3.34. The number of amides is 1. The van der Waals surface area contributed by atoms with Crippen LogP contribution >= 0.6 is 35.3 Å². The molecule has 7 nitrogen and oxygen atoms in total. The maximum atomic E-state index is 13.8. The van der Waals surface area contributed by atoms with Crippen LogP contribution in [0.4, 0.5) is 11.4 Å². The van der Waals surface area contributed by atoms with Crippen molar-refractivity contribution >= 4 is 68.4 Å². The Bertz CT molecular complexity index is 1580. The SMILES string of the molecule is C=CCn1c(=C2C(=O)N(CC)C(=S)N2c2ccccc2)sc(=C2Sc3ccc(OC)cc3N2C)c1=O. The molecule has 0 spiro atoms. The largest absolute Gasteiger partial charge is 0.497 e. The van der Waals surface area contributed by atoms with Gasteiger partial charge in [-0.25, -0.2) is 0 Å². The Kier molecular flexibility index (Phi) is 6.50. The van der Waals surface area contributed by atoms with Crippen LogP contribution in [0, 0.1) is 0 Å². The number of carbonyl (C=O) groups excluding carboxylic acids is 1. The van der Waals surface area contributed by atoms with Crippen molar-refractivity contribution in [1.82, 2.24) is 9.47 Å². The van der Waals surface area contributed by atoms with Crippen molar-refractivity contribution < 1.29 is 9.53 Å². The van der Waals surface area contributed by atoms with Gasteiger partial charge >= 0.3 is 0 Å². The van der Waals surface area contributed by atoms with Gasteiger partial charge in [-0.2, -0.15) is 0 Å². The van der Waals surface area contributed by atoms with E-state index < -0.39 is 0 Å². The van der Waals surface area contributed by atoms with Crippen LogP contribution in [-0.2, 0) is 11.3 Å². The van der Waals surface area contributed by atoms with Crippen molar-refractivity contribution in [2.75, 3.05) is 30.5 Å². The molecule has 0 N–H and O–H groups in total. The summed E-state index contributed by atoms with van der Waals surface area (Å²) in [6, 6.07) is 15.4. The number of likely N-dealkylation sites (N-methyl/N-ethyl adjacent to an activating group) is 1. The fraction of sp³-hybridized carbons (Fsp3) is 0.192. The molecule has 0 aliphatic carbocycles. The van der Waals surface area contributed by atoms with E-state index in [0.717, 1.165) is 27.0 Å². The lowest BCUT2D eigenvalue weighted by molar-refractivity contribution is -0.120. The van der Waals surface area contributed by atoms with Crippen molar-refractivity contribution in [1.29, 1.82) is 0 Å². The first-order valence-corrected chi connectivity index (χ1v) is 13.3. The molecule has 1 fully saturated rings. The van der Waals surface area contributed by atoms with Crippen LogP contribution in [0.25, 0.3) is 10.7 Å². The number of rotatable bonds is 5. The van der Waals surface area contributed by atoms with Crippen LogP contribution in [0.2, 0.25) is 0 Å². The summed E-state index contributed by atoms with van der Waals surface area (Å²) in [5.41, 5.74) is 1.95. The van der Waals surface area contributed by atoms with Crippen LogP contribution in [-0.4, -0.2) is 41.2 Å². The zero-order chi connectivity index (χ0) is 25.6. The lowest BCUT2D eigenvalue weighted by Crippen LogP contribution is -2.36. The Morgan fingerprint density at radius 2 is 1.89 bits per heavy atom. The van der Waals surface area contributed by atoms with Crippen molar-refractivity contribution in [3.8, 4) is 5.75 Å². The second-order valence-corrected chi connectivity index (χ2v) is 10.5. The molecule has 184 valence electrons. The number of hydrogen-bond donors (Lipinski definition) is 0. The van der Waals surface area contributed by atoms with Crippen LogP contribution in [0.5, 0.6) is 5.75 Å². The second-order valence-electron chi connectivity index (χ2n) is 8.09. The molecule has 0 saturated carbocycles. The molecular weight excluding hydrogens is 513 g/mol. The zero-order valence-corrected chi connectivity index (χ0v) is 22.5. The highest BCUT2D eigenvalue weighted by Gasteiger charge is 2.40. The molecule has 3 heterocycles. The number of thiazole rings is 1. The minimum atomic E-state index is -0.220. The van der Waals surface area contributed by atoms with Crippen LogP contribution in [0.1, 0.15) is 6.92 Å². The van der Waals surface area contributed by atoms with Crippen LogP contribution < -0.4 is 29.3 Å². The molecule has 2 aromatic carbocycles. The first-order chi connectivity index (χ1) is 17.4. The van der Waals surface area contributed by atoms with E-state index >= 15 is 0 Å². The van der Waals surface area contributed by atoms with E-state index in [4.69, 9.17) is 17.0 Å². The molecule has 0 bridgehead atoms. The number of fused-ring (bicyclic) bond motifs is 1. The number of hydrogen-bond acceptors (Lipinski definition) is 7. The summed E-state index contributed by atoms with van der Waals surface area (Å²) < 4.78 is 8.11. The lowest BCUT2D eigenvalue weighted by atomic mass is 10.3. The average Bonchev–Trinajstić information content (AvgIpc) is 3.48. The minimum absolute atomic E-state index is 0.168. The number of nitrogens with zero attached hydrogens (tertiary/aromatic N) is 4. The quantitative estimate of drug-likeness (QED) is 0.367. The van der Waals surface area contributed by atoms with Crippen LogP contribution in [0.3, 0.4) is 0 Å². The second kappa shape index (κ2) is 9.61. The average molecular weight is 537 g/mol. The predicted octanol–water partition coefficient (Wildman–Crippen LogP) is 3.17. The first-order valence-electron chi connectivity index (χ1n) is 11.3. The summed E-state index contributed by atoms with van der Waals surface area (Å²) in [5.74, 6) is 0.527. The first kappa shape index (κ1) is 24.4. The van der Waals surface area contributed by atoms with E-state index in [1.165, 1.54) is 23.1 Å². The summed E-state index contributed by atoms with van der Waals surface area (Å²) in [6.45, 7) is 6.43. The number of allylic oxidation sites excluding steroid dienone is 1. The van der Waals surface area contributed by atoms with Gasteiger partial charge in [0.1, 0.15) is 25.7 Å². The standard InChI is InChI=1S/C26H24N4O3S3/c1-5-14-29-23(32)21(25-27(3)18-15-17(33-4)12-13-19(18)35-25)36-24(29)20-22(31)28(6-2)26(34)30(20)16-10-8-7-9-11-16/h5,7-13,15H,1,6,14H2,2-4H3. The third kappa shape index (κ3) is 3.76. The summed E-state index contributed by atoms with van der Waals surface area (Å²) in [4.78, 5) is 33.8. The van der Waals surface area contributed by atoms with Crippen molar-refractivity contribution in [2.24, 2.45) is 0 Å². The molecule has 2 aliphatic heterocycles. The summed E-state index contributed by atoms with van der Waals surface area (Å²) in [6.07, 6.45) is 1.67. The molecule has 2 aliphatic rings. The monoisotopic (exact) mass is 536 g/mol. The van der Waals surface area contributed by atoms with E-state index in [2.05, 4.69) is 6.58 Å². The Labute approximate surface area is 222 Å². The van der Waals surface area contributed by atoms with Gasteiger partial charge in [0.2, 0.25) is 0 Å². The van der Waals surface area contributed by atoms with Crippen molar-refractivity contribution in [3.63, 3.8) is 0 Å². The molecule has 10 heteroatoms. The molecule has 1 aromatic heterocycles. The molecule has 36 heavy (non-hydrogen) atoms. The minimum Gasteiger partial charge on any atom is -0.497 e. The third-order valence-electron chi connectivity index (χ3n) is 6.05. The maximum absolute atomic E-state index is 13.8. The number of anilines is 2. The van der Waals surface area contributed by atoms with Gasteiger partial charge in [-0.3, -0.25) is 24.0 Å². The van der Waals surface area contributed by atoms with Crippen molar-refractivity contribution in [3.05, 3.63) is 80.7 Å². The number of para-hydroxylation sites is 1. The molecular formula is C26H24N4O3S3. The van der Waals surface area contributed by atoms with E-state index in [-0.39, 0.29) is 18.0 Å². The van der Waals surface area contributed by atoms with E-state index in [0.29, 0.717) is 26.5 Å². The number of thiocarbonyl (C=S) groups is 1. The summed E-state index contributed by atoms with van der Waals surface area (Å²) in [7, 11) is 3.56. The molecule has 1 saturated heterocycles. The predicted molar refractivity (Wildman–Crippen MR) is 151 cm³/mol. The van der Waals surface area contributed by atoms with Gasteiger partial charge in [-0.05, 0) is 43.4 Å². The number of benzene rings is 2. The number of methoxy groups -OCH3 is 1. The molecule has 0 radical (unpaired) electrons. The van der Waals surface area contributed by atoms with Crippen molar-refractivity contribution in [2.45, 2.75) is 18.4 Å². The fourth-order valence-electron chi connectivity index (χ4n) is 4.28. The van der Waals surface area contributed by atoms with Gasteiger partial charge in [0.05, 0.1) is 12.8 Å². The van der Waals surface area contributed by atoms with E-state index in [1.807, 2.05) is 67.4 Å². The highest BCUT2D eigenvalue weighted by molar-refractivity contribution is 8.08. The van der Waals surface area contributed by atoms with E-state index in [9.17, 15) is 9.59 Å². The number of ether oxygens (including phenoxy) is 1. The normalized spacial score (nSPS) is 18.2. The molecule has 0 unspecified atom stereocenters. The Balaban J connectivity index is 1.81. The smallest absolute Gasteiger partial charge is 0.280 e. The highest BCUT2D eigenvalue weighted by atomic mass is 32.2. The number of carbonyl (C=O) groups is 1. The van der Waals surface area contributed by atoms with Crippen LogP contribution in [0.15, 0.2) is 70.9 Å². The van der Waals surface area contributed by atoms with Gasteiger partial charge in [-0.1, -0.05) is 36.0 Å². The Morgan fingerprint density at radius 1 is 1.14 bits per heavy atom. The molecule has 0 atom stereocenters. The van der Waals surface area contributed by atoms with Gasteiger partial charge in [0.25, 0.3) is 11.5 Å². The topological polar surface area (TPSA) is 58.0 Å². The molecule has 3 aromatic rings. The highest BCUT2D eigenvalue weighted by Crippen LogP contribution is 2.46. The van der Waals surface area contributed by atoms with Gasteiger partial charge in [-0.15, -0.1) is 17.9 Å².